The molecule has 1 N–H and O–H groups in total. The normalized spacial score (nSPS) is 15.4. The maximum absolute atomic E-state index is 12.1. The molecule has 3 heterocycles. The number of anilines is 1. The van der Waals surface area contributed by atoms with Gasteiger partial charge in [-0.05, 0) is 31.9 Å². The van der Waals surface area contributed by atoms with Crippen LogP contribution in [0.5, 0.6) is 0 Å². The highest BCUT2D eigenvalue weighted by molar-refractivity contribution is 5.78. The van der Waals surface area contributed by atoms with Crippen molar-refractivity contribution in [1.29, 1.82) is 0 Å². The minimum atomic E-state index is 0.0666. The molecule has 3 rings (SSSR count). The number of piperidine rings is 1. The molecule has 1 aliphatic heterocycles. The molecule has 2 aromatic rings. The van der Waals surface area contributed by atoms with E-state index in [1.54, 1.807) is 12.4 Å². The maximum atomic E-state index is 12.1. The summed E-state index contributed by atoms with van der Waals surface area (Å²) in [7, 11) is 0. The molecule has 1 amide bonds. The lowest BCUT2D eigenvalue weighted by atomic mass is 10.0. The van der Waals surface area contributed by atoms with Crippen LogP contribution < -0.4 is 5.32 Å². The van der Waals surface area contributed by atoms with Crippen LogP contribution >= 0.6 is 0 Å². The van der Waals surface area contributed by atoms with Crippen molar-refractivity contribution in [1.82, 2.24) is 19.9 Å². The number of likely N-dealkylation sites (tertiary alicyclic amines) is 1. The summed E-state index contributed by atoms with van der Waals surface area (Å²) in [6, 6.07) is 6.12. The number of aromatic nitrogens is 3. The lowest BCUT2D eigenvalue weighted by Crippen LogP contribution is -2.44. The maximum Gasteiger partial charge on any atom is 0.225 e. The summed E-state index contributed by atoms with van der Waals surface area (Å²) >= 11 is 0. The average Bonchev–Trinajstić information content (AvgIpc) is 2.62. The van der Waals surface area contributed by atoms with Gasteiger partial charge in [-0.1, -0.05) is 13.8 Å². The first-order valence-corrected chi connectivity index (χ1v) is 8.84. The standard InChI is InChI=1S/C19H25N5O/c1-13(2)19(25)24-10-6-16(7-11-24)22-17-12-14(3)21-18(23-17)15-4-8-20-9-5-15/h4-5,8-9,12-13,16H,6-7,10-11H2,1-3H3,(H,21,22,23). The third-order valence-electron chi connectivity index (χ3n) is 4.45. The zero-order chi connectivity index (χ0) is 17.8. The Morgan fingerprint density at radius 2 is 1.88 bits per heavy atom. The first-order chi connectivity index (χ1) is 12.0. The van der Waals surface area contributed by atoms with Gasteiger partial charge in [0, 0.05) is 54.8 Å². The molecule has 132 valence electrons. The molecule has 1 aliphatic rings. The highest BCUT2D eigenvalue weighted by Crippen LogP contribution is 2.20. The molecule has 0 atom stereocenters. The monoisotopic (exact) mass is 339 g/mol. The summed E-state index contributed by atoms with van der Waals surface area (Å²) < 4.78 is 0. The number of aryl methyl sites for hydroxylation is 1. The van der Waals surface area contributed by atoms with Crippen molar-refractivity contribution in [3.8, 4) is 11.4 Å². The van der Waals surface area contributed by atoms with E-state index in [1.807, 2.05) is 43.9 Å². The molecule has 0 bridgehead atoms. The fourth-order valence-corrected chi connectivity index (χ4v) is 3.09. The van der Waals surface area contributed by atoms with E-state index in [4.69, 9.17) is 0 Å². The molecular weight excluding hydrogens is 314 g/mol. The van der Waals surface area contributed by atoms with Gasteiger partial charge in [0.15, 0.2) is 5.82 Å². The summed E-state index contributed by atoms with van der Waals surface area (Å²) in [6.45, 7) is 7.49. The van der Waals surface area contributed by atoms with Gasteiger partial charge in [0.1, 0.15) is 5.82 Å². The number of nitrogens with zero attached hydrogens (tertiary/aromatic N) is 4. The fraction of sp³-hybridized carbons (Fsp3) is 0.474. The Balaban J connectivity index is 1.66. The number of nitrogens with one attached hydrogen (secondary N) is 1. The number of amides is 1. The Hall–Kier alpha value is -2.50. The summed E-state index contributed by atoms with van der Waals surface area (Å²) in [5, 5.41) is 3.52. The lowest BCUT2D eigenvalue weighted by Gasteiger charge is -2.33. The Labute approximate surface area is 148 Å². The van der Waals surface area contributed by atoms with Gasteiger partial charge in [0.25, 0.3) is 0 Å². The molecule has 0 aliphatic carbocycles. The van der Waals surface area contributed by atoms with Crippen molar-refractivity contribution >= 4 is 11.7 Å². The number of hydrogen-bond donors (Lipinski definition) is 1. The molecule has 0 unspecified atom stereocenters. The van der Waals surface area contributed by atoms with E-state index in [-0.39, 0.29) is 11.8 Å². The van der Waals surface area contributed by atoms with E-state index in [0.717, 1.165) is 43.0 Å². The van der Waals surface area contributed by atoms with Crippen molar-refractivity contribution in [2.24, 2.45) is 5.92 Å². The second-order valence-corrected chi connectivity index (χ2v) is 6.85. The summed E-state index contributed by atoms with van der Waals surface area (Å²) in [5.41, 5.74) is 1.89. The minimum absolute atomic E-state index is 0.0666. The minimum Gasteiger partial charge on any atom is -0.367 e. The molecule has 0 radical (unpaired) electrons. The van der Waals surface area contributed by atoms with Gasteiger partial charge in [-0.3, -0.25) is 9.78 Å². The van der Waals surface area contributed by atoms with Gasteiger partial charge in [-0.15, -0.1) is 0 Å². The van der Waals surface area contributed by atoms with E-state index < -0.39 is 0 Å². The molecule has 1 saturated heterocycles. The topological polar surface area (TPSA) is 71.0 Å². The Morgan fingerprint density at radius 3 is 2.52 bits per heavy atom. The molecule has 25 heavy (non-hydrogen) atoms. The van der Waals surface area contributed by atoms with E-state index in [9.17, 15) is 4.79 Å². The zero-order valence-corrected chi connectivity index (χ0v) is 15.1. The predicted molar refractivity (Wildman–Crippen MR) is 98.1 cm³/mol. The Bertz CT molecular complexity index is 724. The third kappa shape index (κ3) is 4.32. The number of carbonyl (C=O) groups is 1. The molecule has 0 spiro atoms. The van der Waals surface area contributed by atoms with Gasteiger partial charge < -0.3 is 10.2 Å². The number of carbonyl (C=O) groups excluding carboxylic acids is 1. The second-order valence-electron chi connectivity index (χ2n) is 6.85. The molecule has 6 nitrogen and oxygen atoms in total. The molecular formula is C19H25N5O. The first kappa shape index (κ1) is 17.3. The van der Waals surface area contributed by atoms with Crippen LogP contribution in [0.15, 0.2) is 30.6 Å². The van der Waals surface area contributed by atoms with Crippen LogP contribution in [0.2, 0.25) is 0 Å². The SMILES string of the molecule is Cc1cc(NC2CCN(C(=O)C(C)C)CC2)nc(-c2ccncc2)n1. The van der Waals surface area contributed by atoms with Crippen molar-refractivity contribution in [2.75, 3.05) is 18.4 Å². The van der Waals surface area contributed by atoms with E-state index in [2.05, 4.69) is 20.3 Å². The van der Waals surface area contributed by atoms with Crippen LogP contribution in [0.3, 0.4) is 0 Å². The van der Waals surface area contributed by atoms with Gasteiger partial charge >= 0.3 is 0 Å². The van der Waals surface area contributed by atoms with Crippen LogP contribution in [0.25, 0.3) is 11.4 Å². The van der Waals surface area contributed by atoms with Crippen molar-refractivity contribution in [2.45, 2.75) is 39.7 Å². The van der Waals surface area contributed by atoms with Crippen LogP contribution in [0.4, 0.5) is 5.82 Å². The van der Waals surface area contributed by atoms with Crippen LogP contribution in [0.1, 0.15) is 32.4 Å². The fourth-order valence-electron chi connectivity index (χ4n) is 3.09. The predicted octanol–water partition coefficient (Wildman–Crippen LogP) is 2.91. The van der Waals surface area contributed by atoms with Crippen LogP contribution in [-0.2, 0) is 4.79 Å². The molecule has 2 aromatic heterocycles. The van der Waals surface area contributed by atoms with E-state index in [1.165, 1.54) is 0 Å². The third-order valence-corrected chi connectivity index (χ3v) is 4.45. The summed E-state index contributed by atoms with van der Waals surface area (Å²) in [5.74, 6) is 1.86. The van der Waals surface area contributed by atoms with Gasteiger partial charge in [-0.25, -0.2) is 9.97 Å². The highest BCUT2D eigenvalue weighted by Gasteiger charge is 2.24. The lowest BCUT2D eigenvalue weighted by molar-refractivity contribution is -0.135. The Kier molecular flexibility index (Phi) is 5.26. The molecule has 0 saturated carbocycles. The highest BCUT2D eigenvalue weighted by atomic mass is 16.2. The number of rotatable bonds is 4. The second kappa shape index (κ2) is 7.59. The van der Waals surface area contributed by atoms with E-state index >= 15 is 0 Å². The largest absolute Gasteiger partial charge is 0.367 e. The summed E-state index contributed by atoms with van der Waals surface area (Å²) in [4.78, 5) is 27.3. The van der Waals surface area contributed by atoms with Crippen molar-refractivity contribution in [3.63, 3.8) is 0 Å². The first-order valence-electron chi connectivity index (χ1n) is 8.84. The molecule has 1 fully saturated rings. The Morgan fingerprint density at radius 1 is 1.20 bits per heavy atom. The van der Waals surface area contributed by atoms with E-state index in [0.29, 0.717) is 11.9 Å². The quantitative estimate of drug-likeness (QED) is 0.927. The van der Waals surface area contributed by atoms with Gasteiger partial charge in [-0.2, -0.15) is 0 Å². The van der Waals surface area contributed by atoms with Gasteiger partial charge in [0.05, 0.1) is 0 Å². The van der Waals surface area contributed by atoms with Crippen molar-refractivity contribution < 1.29 is 4.79 Å². The summed E-state index contributed by atoms with van der Waals surface area (Å²) in [6.07, 6.45) is 5.36. The number of hydrogen-bond acceptors (Lipinski definition) is 5. The smallest absolute Gasteiger partial charge is 0.225 e. The zero-order valence-electron chi connectivity index (χ0n) is 15.1. The molecule has 6 heteroatoms. The number of pyridine rings is 1. The van der Waals surface area contributed by atoms with Crippen LogP contribution in [0, 0.1) is 12.8 Å². The average molecular weight is 339 g/mol. The molecule has 0 aromatic carbocycles. The van der Waals surface area contributed by atoms with Crippen LogP contribution in [-0.4, -0.2) is 44.9 Å². The van der Waals surface area contributed by atoms with Crippen molar-refractivity contribution in [3.05, 3.63) is 36.3 Å². The van der Waals surface area contributed by atoms with Gasteiger partial charge in [0.2, 0.25) is 5.91 Å².